The fourth-order valence-electron chi connectivity index (χ4n) is 2.31. The van der Waals surface area contributed by atoms with Crippen LogP contribution in [0.5, 0.6) is 5.75 Å². The van der Waals surface area contributed by atoms with Gasteiger partial charge in [0.25, 0.3) is 5.89 Å². The van der Waals surface area contributed by atoms with E-state index < -0.39 is 18.4 Å². The van der Waals surface area contributed by atoms with Crippen LogP contribution in [0.15, 0.2) is 65.1 Å². The van der Waals surface area contributed by atoms with Crippen molar-refractivity contribution in [3.63, 3.8) is 0 Å². The number of rotatable bonds is 6. The molecule has 0 radical (unpaired) electrons. The van der Waals surface area contributed by atoms with Gasteiger partial charge in [-0.1, -0.05) is 30.3 Å². The topological polar surface area (TPSA) is 74.5 Å². The highest BCUT2D eigenvalue weighted by Crippen LogP contribution is 2.24. The quantitative estimate of drug-likeness (QED) is 0.427. The Labute approximate surface area is 163 Å². The van der Waals surface area contributed by atoms with Crippen LogP contribution >= 0.6 is 0 Å². The third kappa shape index (κ3) is 5.93. The van der Waals surface area contributed by atoms with E-state index in [0.717, 1.165) is 23.8 Å². The monoisotopic (exact) mass is 404 g/mol. The van der Waals surface area contributed by atoms with Crippen LogP contribution < -0.4 is 4.74 Å². The van der Waals surface area contributed by atoms with Gasteiger partial charge in [0.2, 0.25) is 5.89 Å². The van der Waals surface area contributed by atoms with Crippen LogP contribution in [0, 0.1) is 0 Å². The molecule has 0 N–H and O–H groups in total. The Morgan fingerprint density at radius 3 is 2.41 bits per heavy atom. The first-order chi connectivity index (χ1) is 13.8. The summed E-state index contributed by atoms with van der Waals surface area (Å²) in [5.41, 5.74) is 1.23. The first-order valence-corrected chi connectivity index (χ1v) is 8.43. The number of alkyl halides is 3. The first-order valence-electron chi connectivity index (χ1n) is 8.43. The Kier molecular flexibility index (Phi) is 5.96. The van der Waals surface area contributed by atoms with Crippen molar-refractivity contribution in [1.29, 1.82) is 0 Å². The van der Waals surface area contributed by atoms with Gasteiger partial charge >= 0.3 is 12.3 Å². The predicted molar refractivity (Wildman–Crippen MR) is 96.4 cm³/mol. The lowest BCUT2D eigenvalue weighted by Crippen LogP contribution is -2.16. The van der Waals surface area contributed by atoms with Crippen molar-refractivity contribution >= 4 is 12.0 Å². The summed E-state index contributed by atoms with van der Waals surface area (Å²) in [5.74, 6) is -0.580. The molecule has 29 heavy (non-hydrogen) atoms. The molecule has 0 spiro atoms. The van der Waals surface area contributed by atoms with E-state index >= 15 is 0 Å². The maximum atomic E-state index is 12.1. The molecule has 150 valence electrons. The normalized spacial score (nSPS) is 12.7. The second-order valence-electron chi connectivity index (χ2n) is 5.84. The zero-order valence-corrected chi connectivity index (χ0v) is 15.1. The van der Waals surface area contributed by atoms with Crippen molar-refractivity contribution in [2.75, 3.05) is 0 Å². The molecule has 6 nitrogen and oxygen atoms in total. The van der Waals surface area contributed by atoms with Gasteiger partial charge in [-0.05, 0) is 42.8 Å². The van der Waals surface area contributed by atoms with E-state index in [2.05, 4.69) is 14.9 Å². The van der Waals surface area contributed by atoms with Crippen LogP contribution in [0.25, 0.3) is 17.5 Å². The van der Waals surface area contributed by atoms with Crippen LogP contribution in [-0.4, -0.2) is 22.5 Å². The van der Waals surface area contributed by atoms with Gasteiger partial charge < -0.3 is 13.9 Å². The lowest BCUT2D eigenvalue weighted by molar-refractivity contribution is -0.274. The maximum absolute atomic E-state index is 12.1. The SMILES string of the molecule is C[C@@H](OC(=O)/C=C/c1ccc(OC(F)(F)F)cc1)c1nnc(-c2ccccc2)o1. The number of esters is 1. The predicted octanol–water partition coefficient (Wildman–Crippen LogP) is 4.95. The van der Waals surface area contributed by atoms with Crippen molar-refractivity contribution < 1.29 is 31.9 Å². The number of ether oxygens (including phenoxy) is 2. The Morgan fingerprint density at radius 1 is 1.07 bits per heavy atom. The van der Waals surface area contributed by atoms with Crippen LogP contribution in [0.4, 0.5) is 13.2 Å². The summed E-state index contributed by atoms with van der Waals surface area (Å²) in [5, 5.41) is 7.80. The molecular weight excluding hydrogens is 389 g/mol. The Hall–Kier alpha value is -3.62. The Bertz CT molecular complexity index is 983. The largest absolute Gasteiger partial charge is 0.573 e. The van der Waals surface area contributed by atoms with Gasteiger partial charge in [-0.3, -0.25) is 0 Å². The average Bonchev–Trinajstić information content (AvgIpc) is 3.17. The minimum atomic E-state index is -4.76. The van der Waals surface area contributed by atoms with E-state index in [-0.39, 0.29) is 11.6 Å². The average molecular weight is 404 g/mol. The summed E-state index contributed by atoms with van der Waals surface area (Å²) in [7, 11) is 0. The Morgan fingerprint density at radius 2 is 1.76 bits per heavy atom. The molecule has 0 saturated heterocycles. The molecule has 0 bridgehead atoms. The van der Waals surface area contributed by atoms with Crippen molar-refractivity contribution in [2.24, 2.45) is 0 Å². The van der Waals surface area contributed by atoms with Crippen LogP contribution in [0.3, 0.4) is 0 Å². The molecule has 0 aliphatic rings. The van der Waals surface area contributed by atoms with Crippen LogP contribution in [0.1, 0.15) is 24.5 Å². The highest BCUT2D eigenvalue weighted by atomic mass is 19.4. The van der Waals surface area contributed by atoms with Crippen LogP contribution in [0.2, 0.25) is 0 Å². The first kappa shape index (κ1) is 20.1. The van der Waals surface area contributed by atoms with Crippen LogP contribution in [-0.2, 0) is 9.53 Å². The van der Waals surface area contributed by atoms with Gasteiger partial charge in [-0.25, -0.2) is 4.79 Å². The molecule has 0 fully saturated rings. The van der Waals surface area contributed by atoms with Gasteiger partial charge in [-0.15, -0.1) is 23.4 Å². The molecule has 3 rings (SSSR count). The molecule has 2 aromatic carbocycles. The van der Waals surface area contributed by atoms with E-state index in [0.29, 0.717) is 11.5 Å². The van der Waals surface area contributed by atoms with Gasteiger partial charge in [0.1, 0.15) is 5.75 Å². The number of hydrogen-bond acceptors (Lipinski definition) is 6. The minimum absolute atomic E-state index is 0.138. The van der Waals surface area contributed by atoms with E-state index in [1.165, 1.54) is 18.2 Å². The number of halogens is 3. The van der Waals surface area contributed by atoms with Gasteiger partial charge in [0.05, 0.1) is 0 Å². The molecule has 1 atom stereocenters. The van der Waals surface area contributed by atoms with Gasteiger partial charge in [-0.2, -0.15) is 0 Å². The molecule has 1 heterocycles. The molecule has 9 heteroatoms. The molecule has 0 saturated carbocycles. The van der Waals surface area contributed by atoms with Crippen molar-refractivity contribution in [1.82, 2.24) is 10.2 Å². The molecule has 0 amide bonds. The minimum Gasteiger partial charge on any atom is -0.449 e. The third-order valence-electron chi connectivity index (χ3n) is 3.63. The summed E-state index contributed by atoms with van der Waals surface area (Å²) < 4.78 is 50.9. The van der Waals surface area contributed by atoms with E-state index in [9.17, 15) is 18.0 Å². The molecule has 0 aliphatic carbocycles. The molecule has 1 aromatic heterocycles. The summed E-state index contributed by atoms with van der Waals surface area (Å²) in [6.07, 6.45) is -2.99. The highest BCUT2D eigenvalue weighted by molar-refractivity contribution is 5.87. The molecule has 3 aromatic rings. The number of carbonyl (C=O) groups is 1. The summed E-state index contributed by atoms with van der Waals surface area (Å²) >= 11 is 0. The van der Waals surface area contributed by atoms with Crippen molar-refractivity contribution in [3.05, 3.63) is 72.1 Å². The smallest absolute Gasteiger partial charge is 0.449 e. The lowest BCUT2D eigenvalue weighted by Gasteiger charge is -2.08. The van der Waals surface area contributed by atoms with E-state index in [4.69, 9.17) is 9.15 Å². The summed E-state index contributed by atoms with van der Waals surface area (Å²) in [6.45, 7) is 1.58. The lowest BCUT2D eigenvalue weighted by atomic mass is 10.2. The summed E-state index contributed by atoms with van der Waals surface area (Å²) in [6, 6.07) is 14.2. The number of aromatic nitrogens is 2. The molecule has 0 unspecified atom stereocenters. The van der Waals surface area contributed by atoms with E-state index in [1.54, 1.807) is 6.92 Å². The Balaban J connectivity index is 1.57. The fourth-order valence-corrected chi connectivity index (χ4v) is 2.31. The zero-order chi connectivity index (χ0) is 20.9. The third-order valence-corrected chi connectivity index (χ3v) is 3.63. The summed E-state index contributed by atoms with van der Waals surface area (Å²) in [4.78, 5) is 12.0. The van der Waals surface area contributed by atoms with E-state index in [1.807, 2.05) is 30.3 Å². The number of hydrogen-bond donors (Lipinski definition) is 0. The second-order valence-corrected chi connectivity index (χ2v) is 5.84. The fraction of sp³-hybridized carbons (Fsp3) is 0.150. The van der Waals surface area contributed by atoms with Gasteiger partial charge in [0.15, 0.2) is 6.10 Å². The standard InChI is InChI=1S/C20H15F3N2O4/c1-13(18-24-25-19(28-18)15-5-3-2-4-6-15)27-17(26)12-9-14-7-10-16(11-8-14)29-20(21,22)23/h2-13H,1H3/b12-9+/t13-/m1/s1. The number of benzene rings is 2. The second kappa shape index (κ2) is 8.59. The van der Waals surface area contributed by atoms with Gasteiger partial charge in [0, 0.05) is 11.6 Å². The zero-order valence-electron chi connectivity index (χ0n) is 15.1. The molecular formula is C20H15F3N2O4. The number of nitrogens with zero attached hydrogens (tertiary/aromatic N) is 2. The highest BCUT2D eigenvalue weighted by Gasteiger charge is 2.30. The van der Waals surface area contributed by atoms with Crippen molar-refractivity contribution in [3.8, 4) is 17.2 Å². The maximum Gasteiger partial charge on any atom is 0.573 e. The van der Waals surface area contributed by atoms with Crippen molar-refractivity contribution in [2.45, 2.75) is 19.4 Å². The number of carbonyl (C=O) groups excluding carboxylic acids is 1. The molecule has 0 aliphatic heterocycles.